The topological polar surface area (TPSA) is 106 Å². The summed E-state index contributed by atoms with van der Waals surface area (Å²) < 4.78 is 32.3. The van der Waals surface area contributed by atoms with Crippen LogP contribution in [-0.4, -0.2) is 58.0 Å². The van der Waals surface area contributed by atoms with Crippen molar-refractivity contribution in [3.05, 3.63) is 48.3 Å². The van der Waals surface area contributed by atoms with E-state index in [4.69, 9.17) is 20.4 Å². The van der Waals surface area contributed by atoms with Gasteiger partial charge in [-0.25, -0.2) is 9.97 Å². The van der Waals surface area contributed by atoms with Crippen molar-refractivity contribution in [3.8, 4) is 11.4 Å². The van der Waals surface area contributed by atoms with E-state index in [-0.39, 0.29) is 24.7 Å². The Kier molecular flexibility index (Phi) is 10.6. The van der Waals surface area contributed by atoms with Crippen LogP contribution in [-0.2, 0) is 16.0 Å². The Morgan fingerprint density at radius 3 is 2.52 bits per heavy atom. The van der Waals surface area contributed by atoms with E-state index in [1.807, 2.05) is 30.3 Å². The van der Waals surface area contributed by atoms with Crippen LogP contribution < -0.4 is 15.4 Å². The standard InChI is InChI=1S/C21H23N5O2.C8H15F2NS/c1-13-11-26(12-14(2)28-13)21-5-3-4-17(25-21)18-7-6-15-10-23-16(9-20(22)27)8-19(15)24-18;1-6-4-2-3-5-7(6)11-12-8(9)10/h3-8,10,13-14H,9,11-12H2,1-2H3,(H2,22,27);6-8,11H,2-5H2,1H3. The molecule has 1 amide bonds. The van der Waals surface area contributed by atoms with Crippen LogP contribution in [0.15, 0.2) is 42.6 Å². The molecule has 8 nitrogen and oxygen atoms in total. The van der Waals surface area contributed by atoms with Gasteiger partial charge in [0.1, 0.15) is 5.82 Å². The molecule has 216 valence electrons. The first-order valence-electron chi connectivity index (χ1n) is 13.8. The number of nitrogens with two attached hydrogens (primary N) is 1. The third-order valence-corrected chi connectivity index (χ3v) is 7.76. The van der Waals surface area contributed by atoms with Gasteiger partial charge in [-0.2, -0.15) is 8.78 Å². The number of ether oxygens (including phenoxy) is 1. The van der Waals surface area contributed by atoms with Crippen LogP contribution in [0.3, 0.4) is 0 Å². The summed E-state index contributed by atoms with van der Waals surface area (Å²) in [4.78, 5) is 27.2. The highest BCUT2D eigenvalue weighted by atomic mass is 32.2. The predicted molar refractivity (Wildman–Crippen MR) is 156 cm³/mol. The number of hydrogen-bond donors (Lipinski definition) is 2. The van der Waals surface area contributed by atoms with E-state index in [2.05, 4.69) is 35.4 Å². The number of halogens is 2. The molecule has 4 atom stereocenters. The van der Waals surface area contributed by atoms with Crippen LogP contribution >= 0.6 is 11.9 Å². The summed E-state index contributed by atoms with van der Waals surface area (Å²) in [5.41, 5.74) is 8.24. The number of alkyl halides is 2. The van der Waals surface area contributed by atoms with Crippen molar-refractivity contribution >= 4 is 34.6 Å². The Morgan fingerprint density at radius 2 is 1.82 bits per heavy atom. The van der Waals surface area contributed by atoms with Gasteiger partial charge in [0.05, 0.1) is 41.2 Å². The fourth-order valence-electron chi connectivity index (χ4n) is 5.21. The average molecular weight is 573 g/mol. The number of aromatic nitrogens is 3. The van der Waals surface area contributed by atoms with Gasteiger partial charge in [-0.3, -0.25) is 14.5 Å². The molecule has 2 aliphatic rings. The lowest BCUT2D eigenvalue weighted by molar-refractivity contribution is -0.117. The van der Waals surface area contributed by atoms with E-state index >= 15 is 0 Å². The molecule has 4 heterocycles. The molecule has 3 N–H and O–H groups in total. The van der Waals surface area contributed by atoms with Gasteiger partial charge >= 0.3 is 0 Å². The smallest absolute Gasteiger partial charge is 0.297 e. The normalized spacial score (nSPS) is 23.1. The number of pyridine rings is 3. The van der Waals surface area contributed by atoms with Crippen molar-refractivity contribution < 1.29 is 18.3 Å². The number of nitrogens with zero attached hydrogens (tertiary/aromatic N) is 4. The van der Waals surface area contributed by atoms with Gasteiger partial charge < -0.3 is 15.4 Å². The van der Waals surface area contributed by atoms with Crippen LogP contribution in [0.4, 0.5) is 14.6 Å². The minimum atomic E-state index is -2.29. The number of nitrogens with one attached hydrogen (secondary N) is 1. The van der Waals surface area contributed by atoms with Crippen molar-refractivity contribution in [2.24, 2.45) is 11.7 Å². The second-order valence-electron chi connectivity index (χ2n) is 10.6. The zero-order valence-corrected chi connectivity index (χ0v) is 24.0. The van der Waals surface area contributed by atoms with Crippen LogP contribution in [0.1, 0.15) is 52.1 Å². The molecule has 0 radical (unpaired) electrons. The Hall–Kier alpha value is -2.89. The molecule has 11 heteroatoms. The molecule has 3 aromatic heterocycles. The van der Waals surface area contributed by atoms with E-state index in [1.54, 1.807) is 12.3 Å². The minimum absolute atomic E-state index is 0.100. The summed E-state index contributed by atoms with van der Waals surface area (Å²) in [5, 5.41) is 0.906. The van der Waals surface area contributed by atoms with Gasteiger partial charge in [-0.05, 0) is 74.9 Å². The van der Waals surface area contributed by atoms with Crippen molar-refractivity contribution in [1.82, 2.24) is 19.7 Å². The number of carbonyl (C=O) groups is 1. The molecule has 0 spiro atoms. The van der Waals surface area contributed by atoms with Crippen molar-refractivity contribution in [2.45, 2.75) is 76.9 Å². The fraction of sp³-hybridized carbons (Fsp3) is 0.517. The number of hydrogen-bond acceptors (Lipinski definition) is 8. The summed E-state index contributed by atoms with van der Waals surface area (Å²) in [6.07, 6.45) is 6.79. The number of rotatable bonds is 7. The van der Waals surface area contributed by atoms with Crippen molar-refractivity contribution in [1.29, 1.82) is 0 Å². The number of fused-ring (bicyclic) bond motifs is 1. The first-order valence-corrected chi connectivity index (χ1v) is 14.7. The lowest BCUT2D eigenvalue weighted by atomic mass is 9.87. The maximum absolute atomic E-state index is 11.8. The molecule has 1 saturated heterocycles. The van der Waals surface area contributed by atoms with Crippen molar-refractivity contribution in [2.75, 3.05) is 18.0 Å². The maximum atomic E-state index is 11.8. The van der Waals surface area contributed by atoms with E-state index in [9.17, 15) is 13.6 Å². The molecule has 5 rings (SSSR count). The summed E-state index contributed by atoms with van der Waals surface area (Å²) in [5.74, 6) is -1.24. The molecule has 0 aromatic carbocycles. The Bertz CT molecular complexity index is 1270. The van der Waals surface area contributed by atoms with Gasteiger partial charge in [0.2, 0.25) is 5.91 Å². The highest BCUT2D eigenvalue weighted by Gasteiger charge is 2.24. The van der Waals surface area contributed by atoms with Crippen LogP contribution in [0.5, 0.6) is 0 Å². The summed E-state index contributed by atoms with van der Waals surface area (Å²) in [6, 6.07) is 12.0. The van der Waals surface area contributed by atoms with Gasteiger partial charge in [-0.1, -0.05) is 25.8 Å². The number of carbonyl (C=O) groups excluding carboxylic acids is 1. The lowest BCUT2D eigenvalue weighted by Gasteiger charge is -2.36. The Labute approximate surface area is 238 Å². The lowest BCUT2D eigenvalue weighted by Crippen LogP contribution is -2.45. The molecule has 0 bridgehead atoms. The first kappa shape index (κ1) is 30.1. The number of anilines is 1. The third-order valence-electron chi connectivity index (χ3n) is 7.15. The quantitative estimate of drug-likeness (QED) is 0.365. The van der Waals surface area contributed by atoms with Gasteiger partial charge in [-0.15, -0.1) is 0 Å². The number of morpholine rings is 1. The molecule has 40 heavy (non-hydrogen) atoms. The molecular formula is C29H38F2N6O2S. The second kappa shape index (κ2) is 14.1. The predicted octanol–water partition coefficient (Wildman–Crippen LogP) is 5.36. The van der Waals surface area contributed by atoms with Gasteiger partial charge in [0, 0.05) is 30.7 Å². The molecule has 1 saturated carbocycles. The molecule has 1 aliphatic heterocycles. The third kappa shape index (κ3) is 8.55. The maximum Gasteiger partial charge on any atom is 0.297 e. The summed E-state index contributed by atoms with van der Waals surface area (Å²) in [7, 11) is 0. The summed E-state index contributed by atoms with van der Waals surface area (Å²) >= 11 is 0.558. The summed E-state index contributed by atoms with van der Waals surface area (Å²) in [6.45, 7) is 7.91. The van der Waals surface area contributed by atoms with E-state index in [1.165, 1.54) is 19.3 Å². The molecular weight excluding hydrogens is 534 g/mol. The second-order valence-corrected chi connectivity index (χ2v) is 11.4. The molecule has 2 fully saturated rings. The fourth-order valence-corrected chi connectivity index (χ4v) is 5.84. The van der Waals surface area contributed by atoms with E-state index < -0.39 is 11.7 Å². The molecule has 4 unspecified atom stereocenters. The highest BCUT2D eigenvalue weighted by molar-refractivity contribution is 7.97. The molecule has 1 aliphatic carbocycles. The number of amides is 1. The average Bonchev–Trinajstić information content (AvgIpc) is 2.92. The van der Waals surface area contributed by atoms with Gasteiger partial charge in [0.15, 0.2) is 0 Å². The Balaban J connectivity index is 0.000000259. The highest BCUT2D eigenvalue weighted by Crippen LogP contribution is 2.26. The largest absolute Gasteiger partial charge is 0.372 e. The minimum Gasteiger partial charge on any atom is -0.372 e. The van der Waals surface area contributed by atoms with E-state index in [0.717, 1.165) is 47.6 Å². The Morgan fingerprint density at radius 1 is 1.10 bits per heavy atom. The van der Waals surface area contributed by atoms with Crippen LogP contribution in [0.2, 0.25) is 0 Å². The number of primary amides is 1. The van der Waals surface area contributed by atoms with Crippen LogP contribution in [0, 0.1) is 5.92 Å². The van der Waals surface area contributed by atoms with Crippen molar-refractivity contribution in [3.63, 3.8) is 0 Å². The van der Waals surface area contributed by atoms with Gasteiger partial charge in [0.25, 0.3) is 5.76 Å². The molecule has 3 aromatic rings. The SMILES string of the molecule is CC1CCCCC1NSC(F)F.CC1CN(c2cccc(-c3ccc4cnc(CC(N)=O)cc4n3)n2)CC(C)O1. The zero-order valence-electron chi connectivity index (χ0n) is 23.2. The monoisotopic (exact) mass is 572 g/mol. The van der Waals surface area contributed by atoms with Crippen LogP contribution in [0.25, 0.3) is 22.3 Å². The van der Waals surface area contributed by atoms with E-state index in [0.29, 0.717) is 23.6 Å². The zero-order chi connectivity index (χ0) is 28.6. The first-order chi connectivity index (χ1) is 19.2.